The molecule has 0 saturated carbocycles. The molecular formula is C17H22N2O2. The number of nitrogens with zero attached hydrogens (tertiary/aromatic N) is 1. The summed E-state index contributed by atoms with van der Waals surface area (Å²) in [5, 5.41) is 13.2. The third-order valence-corrected chi connectivity index (χ3v) is 3.50. The van der Waals surface area contributed by atoms with E-state index in [9.17, 15) is 5.11 Å². The first-order chi connectivity index (χ1) is 10.1. The first kappa shape index (κ1) is 15.3. The summed E-state index contributed by atoms with van der Waals surface area (Å²) in [4.78, 5) is 4.20. The fourth-order valence-electron chi connectivity index (χ4n) is 2.32. The van der Waals surface area contributed by atoms with Crippen LogP contribution in [0.1, 0.15) is 31.1 Å². The molecule has 0 aliphatic heterocycles. The van der Waals surface area contributed by atoms with Crippen molar-refractivity contribution in [2.24, 2.45) is 5.92 Å². The van der Waals surface area contributed by atoms with E-state index in [1.165, 1.54) is 5.56 Å². The minimum Gasteiger partial charge on any atom is -0.506 e. The predicted molar refractivity (Wildman–Crippen MR) is 83.3 cm³/mol. The van der Waals surface area contributed by atoms with E-state index in [4.69, 9.17) is 4.74 Å². The van der Waals surface area contributed by atoms with Gasteiger partial charge in [-0.05, 0) is 35.7 Å². The molecule has 2 N–H and O–H groups in total. The molecule has 0 aliphatic carbocycles. The molecule has 112 valence electrons. The highest BCUT2D eigenvalue weighted by atomic mass is 16.5. The molecule has 0 aliphatic rings. The Hall–Kier alpha value is -2.07. The van der Waals surface area contributed by atoms with Crippen LogP contribution in [0.3, 0.4) is 0 Å². The van der Waals surface area contributed by atoms with Crippen LogP contribution in [0.2, 0.25) is 0 Å². The van der Waals surface area contributed by atoms with Gasteiger partial charge in [-0.1, -0.05) is 26.0 Å². The Morgan fingerprint density at radius 3 is 2.48 bits per heavy atom. The molecule has 1 aromatic heterocycles. The molecule has 4 heteroatoms. The Labute approximate surface area is 125 Å². The number of ether oxygens (including phenoxy) is 1. The Balaban J connectivity index is 2.10. The second kappa shape index (κ2) is 7.09. The summed E-state index contributed by atoms with van der Waals surface area (Å²) in [6, 6.07) is 11.6. The fraction of sp³-hybridized carbons (Fsp3) is 0.353. The largest absolute Gasteiger partial charge is 0.506 e. The van der Waals surface area contributed by atoms with Gasteiger partial charge in [0.1, 0.15) is 11.5 Å². The number of rotatable bonds is 6. The van der Waals surface area contributed by atoms with E-state index < -0.39 is 0 Å². The average Bonchev–Trinajstić information content (AvgIpc) is 2.49. The van der Waals surface area contributed by atoms with Gasteiger partial charge in [-0.15, -0.1) is 0 Å². The lowest BCUT2D eigenvalue weighted by molar-refractivity contribution is 0.396. The first-order valence-corrected chi connectivity index (χ1v) is 7.12. The molecule has 1 atom stereocenters. The zero-order valence-electron chi connectivity index (χ0n) is 12.7. The van der Waals surface area contributed by atoms with Crippen molar-refractivity contribution in [2.75, 3.05) is 7.11 Å². The summed E-state index contributed by atoms with van der Waals surface area (Å²) >= 11 is 0. The van der Waals surface area contributed by atoms with Crippen LogP contribution in [0.15, 0.2) is 42.6 Å². The summed E-state index contributed by atoms with van der Waals surface area (Å²) in [7, 11) is 1.66. The van der Waals surface area contributed by atoms with Gasteiger partial charge in [-0.3, -0.25) is 4.98 Å². The Morgan fingerprint density at radius 2 is 1.90 bits per heavy atom. The third-order valence-electron chi connectivity index (χ3n) is 3.50. The Morgan fingerprint density at radius 1 is 1.19 bits per heavy atom. The van der Waals surface area contributed by atoms with Crippen molar-refractivity contribution in [1.29, 1.82) is 0 Å². The Bertz CT molecular complexity index is 567. The second-order valence-electron chi connectivity index (χ2n) is 5.34. The molecule has 4 nitrogen and oxygen atoms in total. The molecular weight excluding hydrogens is 264 g/mol. The molecule has 1 aromatic carbocycles. The van der Waals surface area contributed by atoms with Gasteiger partial charge in [-0.2, -0.15) is 0 Å². The highest BCUT2D eigenvalue weighted by Crippen LogP contribution is 2.25. The van der Waals surface area contributed by atoms with Gasteiger partial charge in [0.05, 0.1) is 12.8 Å². The quantitative estimate of drug-likeness (QED) is 0.855. The van der Waals surface area contributed by atoms with Crippen molar-refractivity contribution in [2.45, 2.75) is 26.4 Å². The van der Waals surface area contributed by atoms with Crippen LogP contribution >= 0.6 is 0 Å². The van der Waals surface area contributed by atoms with E-state index in [1.807, 2.05) is 12.1 Å². The predicted octanol–water partition coefficient (Wildman–Crippen LogP) is 3.28. The fourth-order valence-corrected chi connectivity index (χ4v) is 2.32. The number of benzene rings is 1. The van der Waals surface area contributed by atoms with E-state index >= 15 is 0 Å². The van der Waals surface area contributed by atoms with E-state index in [0.29, 0.717) is 18.2 Å². The van der Waals surface area contributed by atoms with Crippen molar-refractivity contribution < 1.29 is 9.84 Å². The summed E-state index contributed by atoms with van der Waals surface area (Å²) in [6.45, 7) is 4.86. The molecule has 0 radical (unpaired) electrons. The van der Waals surface area contributed by atoms with Crippen molar-refractivity contribution in [3.8, 4) is 11.5 Å². The molecule has 0 amide bonds. The van der Waals surface area contributed by atoms with Crippen LogP contribution in [0.5, 0.6) is 11.5 Å². The van der Waals surface area contributed by atoms with Gasteiger partial charge in [0, 0.05) is 18.8 Å². The van der Waals surface area contributed by atoms with Gasteiger partial charge in [0.2, 0.25) is 0 Å². The van der Waals surface area contributed by atoms with E-state index in [-0.39, 0.29) is 11.8 Å². The lowest BCUT2D eigenvalue weighted by atomic mass is 9.96. The van der Waals surface area contributed by atoms with Gasteiger partial charge < -0.3 is 15.2 Å². The Kier molecular flexibility index (Phi) is 5.17. The smallest absolute Gasteiger partial charge is 0.138 e. The summed E-state index contributed by atoms with van der Waals surface area (Å²) < 4.78 is 5.19. The molecule has 0 fully saturated rings. The van der Waals surface area contributed by atoms with Gasteiger partial charge in [0.15, 0.2) is 0 Å². The van der Waals surface area contributed by atoms with Crippen molar-refractivity contribution in [3.05, 3.63) is 53.9 Å². The summed E-state index contributed by atoms with van der Waals surface area (Å²) in [6.07, 6.45) is 1.69. The molecule has 0 spiro atoms. The molecule has 0 saturated heterocycles. The van der Waals surface area contributed by atoms with Crippen LogP contribution in [0, 0.1) is 5.92 Å². The number of hydrogen-bond acceptors (Lipinski definition) is 4. The topological polar surface area (TPSA) is 54.4 Å². The lowest BCUT2D eigenvalue weighted by Gasteiger charge is -2.23. The lowest BCUT2D eigenvalue weighted by Crippen LogP contribution is -2.25. The van der Waals surface area contributed by atoms with Gasteiger partial charge in [-0.25, -0.2) is 0 Å². The standard InChI is InChI=1S/C17H22N2O2/c1-12(2)17(13-6-8-14(21-3)9-7-13)19-11-15-16(20)5-4-10-18-15/h4-10,12,17,19-20H,11H2,1-3H3/t17-/m1/s1. The van der Waals surface area contributed by atoms with E-state index in [0.717, 1.165) is 5.75 Å². The molecule has 21 heavy (non-hydrogen) atoms. The third kappa shape index (κ3) is 3.95. The number of methoxy groups -OCH3 is 1. The number of nitrogens with one attached hydrogen (secondary N) is 1. The maximum atomic E-state index is 9.78. The SMILES string of the molecule is COc1ccc([C@H](NCc2ncccc2O)C(C)C)cc1. The van der Waals surface area contributed by atoms with Crippen LogP contribution in [-0.4, -0.2) is 17.2 Å². The van der Waals surface area contributed by atoms with Crippen LogP contribution in [0.25, 0.3) is 0 Å². The first-order valence-electron chi connectivity index (χ1n) is 7.12. The zero-order chi connectivity index (χ0) is 15.2. The van der Waals surface area contributed by atoms with E-state index in [2.05, 4.69) is 36.3 Å². The average molecular weight is 286 g/mol. The van der Waals surface area contributed by atoms with Crippen LogP contribution in [-0.2, 0) is 6.54 Å². The van der Waals surface area contributed by atoms with Gasteiger partial charge >= 0.3 is 0 Å². The number of pyridine rings is 1. The van der Waals surface area contributed by atoms with Crippen molar-refractivity contribution >= 4 is 0 Å². The van der Waals surface area contributed by atoms with Crippen LogP contribution in [0.4, 0.5) is 0 Å². The van der Waals surface area contributed by atoms with Crippen LogP contribution < -0.4 is 10.1 Å². The molecule has 0 unspecified atom stereocenters. The monoisotopic (exact) mass is 286 g/mol. The zero-order valence-corrected chi connectivity index (χ0v) is 12.7. The maximum absolute atomic E-state index is 9.78. The maximum Gasteiger partial charge on any atom is 0.138 e. The number of aromatic hydroxyl groups is 1. The minimum atomic E-state index is 0.192. The van der Waals surface area contributed by atoms with Crippen molar-refractivity contribution in [1.82, 2.24) is 10.3 Å². The minimum absolute atomic E-state index is 0.192. The summed E-state index contributed by atoms with van der Waals surface area (Å²) in [5.41, 5.74) is 1.86. The number of aromatic nitrogens is 1. The second-order valence-corrected chi connectivity index (χ2v) is 5.34. The molecule has 2 rings (SSSR count). The molecule has 2 aromatic rings. The number of hydrogen-bond donors (Lipinski definition) is 2. The summed E-state index contributed by atoms with van der Waals surface area (Å²) in [5.74, 6) is 1.50. The highest BCUT2D eigenvalue weighted by Gasteiger charge is 2.16. The highest BCUT2D eigenvalue weighted by molar-refractivity contribution is 5.30. The van der Waals surface area contributed by atoms with E-state index in [1.54, 1.807) is 25.4 Å². The molecule has 1 heterocycles. The van der Waals surface area contributed by atoms with Crippen molar-refractivity contribution in [3.63, 3.8) is 0 Å². The molecule has 0 bridgehead atoms. The normalized spacial score (nSPS) is 12.4. The van der Waals surface area contributed by atoms with Gasteiger partial charge in [0.25, 0.3) is 0 Å².